The second-order valence-corrected chi connectivity index (χ2v) is 6.90. The van der Waals surface area contributed by atoms with Gasteiger partial charge in [0.1, 0.15) is 0 Å². The molecule has 0 saturated carbocycles. The highest BCUT2D eigenvalue weighted by atomic mass is 16.2. The van der Waals surface area contributed by atoms with Crippen LogP contribution in [0, 0.1) is 5.92 Å². The van der Waals surface area contributed by atoms with Crippen molar-refractivity contribution < 1.29 is 4.79 Å². The van der Waals surface area contributed by atoms with Crippen LogP contribution in [0.1, 0.15) is 41.0 Å². The fourth-order valence-electron chi connectivity index (χ4n) is 2.45. The van der Waals surface area contributed by atoms with E-state index in [1.54, 1.807) is 6.92 Å². The molecule has 1 amide bonds. The Kier molecular flexibility index (Phi) is 6.27. The first-order valence-electron chi connectivity index (χ1n) is 7.51. The van der Waals surface area contributed by atoms with Gasteiger partial charge in [-0.15, -0.1) is 0 Å². The Morgan fingerprint density at radius 2 is 1.89 bits per heavy atom. The number of rotatable bonds is 4. The maximum Gasteiger partial charge on any atom is 0.219 e. The number of carbonyl (C=O) groups excluding carboxylic acids is 1. The molecule has 0 spiro atoms. The van der Waals surface area contributed by atoms with Gasteiger partial charge in [0, 0.05) is 38.6 Å². The van der Waals surface area contributed by atoms with Crippen molar-refractivity contribution in [3.8, 4) is 0 Å². The van der Waals surface area contributed by atoms with Gasteiger partial charge in [0.25, 0.3) is 0 Å². The lowest BCUT2D eigenvalue weighted by Crippen LogP contribution is -2.42. The Bertz CT molecular complexity index is 286. The number of carbonyl (C=O) groups is 1. The topological polar surface area (TPSA) is 35.6 Å². The lowest BCUT2D eigenvalue weighted by atomic mass is 10.1. The van der Waals surface area contributed by atoms with Gasteiger partial charge >= 0.3 is 0 Å². The molecule has 0 aromatic carbocycles. The van der Waals surface area contributed by atoms with Crippen LogP contribution < -0.4 is 5.32 Å². The van der Waals surface area contributed by atoms with Gasteiger partial charge in [-0.05, 0) is 46.2 Å². The molecule has 0 radical (unpaired) electrons. The first kappa shape index (κ1) is 16.4. The molecule has 112 valence electrons. The highest BCUT2D eigenvalue weighted by Crippen LogP contribution is 2.08. The van der Waals surface area contributed by atoms with Crippen LogP contribution in [0.4, 0.5) is 0 Å². The van der Waals surface area contributed by atoms with Crippen LogP contribution in [-0.4, -0.2) is 60.5 Å². The summed E-state index contributed by atoms with van der Waals surface area (Å²) in [4.78, 5) is 15.9. The van der Waals surface area contributed by atoms with Crippen molar-refractivity contribution in [1.82, 2.24) is 15.1 Å². The molecule has 1 aliphatic rings. The van der Waals surface area contributed by atoms with E-state index in [4.69, 9.17) is 0 Å². The summed E-state index contributed by atoms with van der Waals surface area (Å²) in [6, 6.07) is 0. The molecule has 19 heavy (non-hydrogen) atoms. The minimum Gasteiger partial charge on any atom is -0.342 e. The normalized spacial score (nSPS) is 20.2. The predicted octanol–water partition coefficient (Wildman–Crippen LogP) is 1.56. The summed E-state index contributed by atoms with van der Waals surface area (Å²) < 4.78 is 0. The van der Waals surface area contributed by atoms with Gasteiger partial charge in [-0.3, -0.25) is 4.79 Å². The Morgan fingerprint density at radius 1 is 1.21 bits per heavy atom. The SMILES string of the molecule is CC(=O)N1CCCN(CC(C)CNC(C)(C)C)CC1. The van der Waals surface area contributed by atoms with Gasteiger partial charge in [0.15, 0.2) is 0 Å². The van der Waals surface area contributed by atoms with Gasteiger partial charge in [-0.25, -0.2) is 0 Å². The molecule has 1 N–H and O–H groups in total. The maximum atomic E-state index is 11.4. The molecule has 4 nitrogen and oxygen atoms in total. The van der Waals surface area contributed by atoms with Crippen molar-refractivity contribution in [3.05, 3.63) is 0 Å². The Labute approximate surface area is 118 Å². The largest absolute Gasteiger partial charge is 0.342 e. The van der Waals surface area contributed by atoms with E-state index in [9.17, 15) is 4.79 Å². The number of hydrogen-bond acceptors (Lipinski definition) is 3. The summed E-state index contributed by atoms with van der Waals surface area (Å²) in [5.74, 6) is 0.854. The highest BCUT2D eigenvalue weighted by molar-refractivity contribution is 5.73. The van der Waals surface area contributed by atoms with Crippen molar-refractivity contribution in [1.29, 1.82) is 0 Å². The van der Waals surface area contributed by atoms with Crippen molar-refractivity contribution in [3.63, 3.8) is 0 Å². The zero-order valence-corrected chi connectivity index (χ0v) is 13.3. The van der Waals surface area contributed by atoms with Gasteiger partial charge in [-0.2, -0.15) is 0 Å². The Morgan fingerprint density at radius 3 is 2.47 bits per heavy atom. The Balaban J connectivity index is 2.31. The quantitative estimate of drug-likeness (QED) is 0.841. The van der Waals surface area contributed by atoms with Gasteiger partial charge in [0.2, 0.25) is 5.91 Å². The van der Waals surface area contributed by atoms with Gasteiger partial charge in [0.05, 0.1) is 0 Å². The first-order chi connectivity index (χ1) is 8.78. The molecule has 1 rings (SSSR count). The second-order valence-electron chi connectivity index (χ2n) is 6.90. The van der Waals surface area contributed by atoms with E-state index in [-0.39, 0.29) is 11.4 Å². The van der Waals surface area contributed by atoms with E-state index in [0.29, 0.717) is 5.92 Å². The van der Waals surface area contributed by atoms with E-state index >= 15 is 0 Å². The van der Waals surface area contributed by atoms with Crippen LogP contribution in [0.2, 0.25) is 0 Å². The molecule has 1 heterocycles. The number of nitrogens with zero attached hydrogens (tertiary/aromatic N) is 2. The molecule has 1 aliphatic heterocycles. The molecule has 0 bridgehead atoms. The molecule has 0 aliphatic carbocycles. The standard InChI is InChI=1S/C15H31N3O/c1-13(11-16-15(3,4)5)12-17-7-6-8-18(10-9-17)14(2)19/h13,16H,6-12H2,1-5H3. The molecule has 4 heteroatoms. The number of amides is 1. The maximum absolute atomic E-state index is 11.4. The minimum atomic E-state index is 0.193. The molecule has 1 atom stereocenters. The molecular formula is C15H31N3O. The second kappa shape index (κ2) is 7.25. The number of nitrogens with one attached hydrogen (secondary N) is 1. The first-order valence-corrected chi connectivity index (χ1v) is 7.51. The van der Waals surface area contributed by atoms with Crippen LogP contribution in [-0.2, 0) is 4.79 Å². The third-order valence-corrected chi connectivity index (χ3v) is 3.58. The van der Waals surface area contributed by atoms with Gasteiger partial charge in [-0.1, -0.05) is 6.92 Å². The average Bonchev–Trinajstić information content (AvgIpc) is 2.51. The molecule has 1 saturated heterocycles. The minimum absolute atomic E-state index is 0.193. The summed E-state index contributed by atoms with van der Waals surface area (Å²) in [6.07, 6.45) is 1.10. The highest BCUT2D eigenvalue weighted by Gasteiger charge is 2.18. The molecular weight excluding hydrogens is 238 g/mol. The fourth-order valence-corrected chi connectivity index (χ4v) is 2.45. The lowest BCUT2D eigenvalue weighted by Gasteiger charge is -2.27. The summed E-state index contributed by atoms with van der Waals surface area (Å²) in [6.45, 7) is 16.7. The molecule has 1 fully saturated rings. The smallest absolute Gasteiger partial charge is 0.219 e. The van der Waals surface area contributed by atoms with Crippen LogP contribution >= 0.6 is 0 Å². The summed E-state index contributed by atoms with van der Waals surface area (Å²) in [7, 11) is 0. The monoisotopic (exact) mass is 269 g/mol. The predicted molar refractivity (Wildman–Crippen MR) is 80.2 cm³/mol. The lowest BCUT2D eigenvalue weighted by molar-refractivity contribution is -0.128. The molecule has 1 unspecified atom stereocenters. The average molecular weight is 269 g/mol. The van der Waals surface area contributed by atoms with E-state index in [1.165, 1.54) is 0 Å². The molecule has 0 aromatic rings. The Hall–Kier alpha value is -0.610. The van der Waals surface area contributed by atoms with Crippen LogP contribution in [0.5, 0.6) is 0 Å². The van der Waals surface area contributed by atoms with Crippen molar-refractivity contribution >= 4 is 5.91 Å². The third kappa shape index (κ3) is 6.92. The van der Waals surface area contributed by atoms with E-state index in [1.807, 2.05) is 4.90 Å². The van der Waals surface area contributed by atoms with Crippen molar-refractivity contribution in [2.75, 3.05) is 39.3 Å². The van der Waals surface area contributed by atoms with Crippen molar-refractivity contribution in [2.24, 2.45) is 5.92 Å². The van der Waals surface area contributed by atoms with E-state index in [2.05, 4.69) is 37.9 Å². The van der Waals surface area contributed by atoms with E-state index < -0.39 is 0 Å². The fraction of sp³-hybridized carbons (Fsp3) is 0.933. The van der Waals surface area contributed by atoms with Gasteiger partial charge < -0.3 is 15.1 Å². The summed E-state index contributed by atoms with van der Waals surface area (Å²) in [5, 5.41) is 3.56. The van der Waals surface area contributed by atoms with Crippen LogP contribution in [0.15, 0.2) is 0 Å². The van der Waals surface area contributed by atoms with Crippen LogP contribution in [0.25, 0.3) is 0 Å². The third-order valence-electron chi connectivity index (χ3n) is 3.58. The van der Waals surface area contributed by atoms with Crippen LogP contribution in [0.3, 0.4) is 0 Å². The zero-order valence-electron chi connectivity index (χ0n) is 13.3. The van der Waals surface area contributed by atoms with Crippen molar-refractivity contribution in [2.45, 2.75) is 46.6 Å². The number of hydrogen-bond donors (Lipinski definition) is 1. The zero-order chi connectivity index (χ0) is 14.5. The summed E-state index contributed by atoms with van der Waals surface area (Å²) >= 11 is 0. The van der Waals surface area contributed by atoms with E-state index in [0.717, 1.165) is 45.7 Å². The summed E-state index contributed by atoms with van der Waals surface area (Å²) in [5.41, 5.74) is 0.193. The molecule has 0 aromatic heterocycles.